The van der Waals surface area contributed by atoms with Gasteiger partial charge in [-0.1, -0.05) is 62.7 Å². The van der Waals surface area contributed by atoms with Crippen LogP contribution >= 0.6 is 11.6 Å². The van der Waals surface area contributed by atoms with Gasteiger partial charge < -0.3 is 4.72 Å². The Bertz CT molecular complexity index is 1340. The van der Waals surface area contributed by atoms with Crippen LogP contribution in [-0.4, -0.2) is 19.8 Å². The SMILES string of the molecule is Cn1nc(C(=O)c2cc(Cl)ccc2NS(=O)c2ccc(C(C)(C)C)cc2)c2ccccc21. The van der Waals surface area contributed by atoms with Crippen molar-refractivity contribution in [1.82, 2.24) is 9.78 Å². The fraction of sp³-hybridized carbons (Fsp3) is 0.200. The van der Waals surface area contributed by atoms with Crippen LogP contribution in [0.25, 0.3) is 10.9 Å². The van der Waals surface area contributed by atoms with E-state index in [1.807, 2.05) is 48.5 Å². The summed E-state index contributed by atoms with van der Waals surface area (Å²) in [4.78, 5) is 14.1. The first-order valence-corrected chi connectivity index (χ1v) is 11.7. The molecule has 0 fully saturated rings. The average Bonchev–Trinajstić information content (AvgIpc) is 3.11. The molecule has 0 spiro atoms. The second kappa shape index (κ2) is 8.52. The van der Waals surface area contributed by atoms with Crippen LogP contribution in [0.15, 0.2) is 71.6 Å². The van der Waals surface area contributed by atoms with Crippen molar-refractivity contribution in [3.8, 4) is 0 Å². The maximum atomic E-state index is 13.4. The third-order valence-electron chi connectivity index (χ3n) is 5.34. The normalized spacial score (nSPS) is 12.7. The zero-order valence-electron chi connectivity index (χ0n) is 18.3. The number of hydrogen-bond acceptors (Lipinski definition) is 3. The van der Waals surface area contributed by atoms with Crippen LogP contribution in [0.1, 0.15) is 42.4 Å². The summed E-state index contributed by atoms with van der Waals surface area (Å²) < 4.78 is 17.7. The van der Waals surface area contributed by atoms with Crippen molar-refractivity contribution < 1.29 is 9.00 Å². The number of aromatic nitrogens is 2. The Balaban J connectivity index is 1.68. The van der Waals surface area contributed by atoms with Crippen LogP contribution in [0.2, 0.25) is 5.02 Å². The molecule has 5 nitrogen and oxygen atoms in total. The predicted molar refractivity (Wildman–Crippen MR) is 131 cm³/mol. The average molecular weight is 466 g/mol. The first kappa shape index (κ1) is 22.2. The summed E-state index contributed by atoms with van der Waals surface area (Å²) in [5, 5.41) is 5.60. The molecule has 0 saturated carbocycles. The maximum absolute atomic E-state index is 13.4. The molecule has 0 amide bonds. The van der Waals surface area contributed by atoms with E-state index in [2.05, 4.69) is 30.6 Å². The summed E-state index contributed by atoms with van der Waals surface area (Å²) >= 11 is 6.20. The Morgan fingerprint density at radius 3 is 2.41 bits per heavy atom. The van der Waals surface area contributed by atoms with Crippen LogP contribution in [-0.2, 0) is 23.4 Å². The molecule has 4 aromatic rings. The molecule has 0 saturated heterocycles. The van der Waals surface area contributed by atoms with E-state index >= 15 is 0 Å². The van der Waals surface area contributed by atoms with Crippen LogP contribution in [0.5, 0.6) is 0 Å². The number of aryl methyl sites for hydroxylation is 1. The number of carbonyl (C=O) groups is 1. The van der Waals surface area contributed by atoms with E-state index in [1.54, 1.807) is 29.9 Å². The van der Waals surface area contributed by atoms with Gasteiger partial charge in [0.05, 0.1) is 16.1 Å². The van der Waals surface area contributed by atoms with Gasteiger partial charge in [-0.2, -0.15) is 5.10 Å². The van der Waals surface area contributed by atoms with Crippen LogP contribution in [0.4, 0.5) is 5.69 Å². The zero-order chi connectivity index (χ0) is 23.0. The number of hydrogen-bond donors (Lipinski definition) is 1. The zero-order valence-corrected chi connectivity index (χ0v) is 19.9. The van der Waals surface area contributed by atoms with Crippen molar-refractivity contribution in [3.63, 3.8) is 0 Å². The molecule has 0 bridgehead atoms. The molecule has 3 aromatic carbocycles. The van der Waals surface area contributed by atoms with Gasteiger partial charge in [0.25, 0.3) is 0 Å². The van der Waals surface area contributed by atoms with Gasteiger partial charge in [-0.3, -0.25) is 9.48 Å². The lowest BCUT2D eigenvalue weighted by molar-refractivity contribution is 0.103. The van der Waals surface area contributed by atoms with Crippen molar-refractivity contribution in [1.29, 1.82) is 0 Å². The van der Waals surface area contributed by atoms with Gasteiger partial charge in [-0.05, 0) is 47.4 Å². The van der Waals surface area contributed by atoms with E-state index in [0.29, 0.717) is 26.9 Å². The second-order valence-corrected chi connectivity index (χ2v) is 10.3. The Hall–Kier alpha value is -2.96. The van der Waals surface area contributed by atoms with Crippen molar-refractivity contribution >= 4 is 45.0 Å². The lowest BCUT2D eigenvalue weighted by Crippen LogP contribution is -2.13. The predicted octanol–water partition coefficient (Wildman–Crippen LogP) is 5.89. The first-order chi connectivity index (χ1) is 15.1. The van der Waals surface area contributed by atoms with E-state index in [-0.39, 0.29) is 11.2 Å². The number of carbonyl (C=O) groups excluding carboxylic acids is 1. The van der Waals surface area contributed by atoms with E-state index in [4.69, 9.17) is 11.6 Å². The molecule has 0 aliphatic rings. The number of para-hydroxylation sites is 1. The molecule has 1 aromatic heterocycles. The molecule has 1 unspecified atom stereocenters. The Morgan fingerprint density at radius 1 is 1.03 bits per heavy atom. The lowest BCUT2D eigenvalue weighted by atomic mass is 9.87. The number of benzene rings is 3. The molecule has 1 heterocycles. The fourth-order valence-corrected chi connectivity index (χ4v) is 4.59. The molecular formula is C25H24ClN3O2S. The highest BCUT2D eigenvalue weighted by atomic mass is 35.5. The van der Waals surface area contributed by atoms with Gasteiger partial charge in [0.2, 0.25) is 5.78 Å². The molecule has 32 heavy (non-hydrogen) atoms. The number of anilines is 1. The molecular weight excluding hydrogens is 442 g/mol. The Labute approximate surface area is 195 Å². The molecule has 164 valence electrons. The highest BCUT2D eigenvalue weighted by molar-refractivity contribution is 7.86. The van der Waals surface area contributed by atoms with Crippen LogP contribution in [0.3, 0.4) is 0 Å². The second-order valence-electron chi connectivity index (χ2n) is 8.65. The number of nitrogens with zero attached hydrogens (tertiary/aromatic N) is 2. The summed E-state index contributed by atoms with van der Waals surface area (Å²) in [5.41, 5.74) is 3.11. The Morgan fingerprint density at radius 2 is 1.72 bits per heavy atom. The van der Waals surface area contributed by atoms with Gasteiger partial charge in [-0.25, -0.2) is 4.21 Å². The van der Waals surface area contributed by atoms with Crippen LogP contribution in [0, 0.1) is 0 Å². The van der Waals surface area contributed by atoms with Gasteiger partial charge >= 0.3 is 0 Å². The smallest absolute Gasteiger partial charge is 0.216 e. The number of ketones is 1. The molecule has 0 aliphatic heterocycles. The minimum absolute atomic E-state index is 0.00861. The van der Waals surface area contributed by atoms with Crippen molar-refractivity contribution in [2.45, 2.75) is 31.1 Å². The number of halogens is 1. The minimum atomic E-state index is -1.55. The molecule has 0 radical (unpaired) electrons. The van der Waals surface area contributed by atoms with E-state index < -0.39 is 11.0 Å². The monoisotopic (exact) mass is 465 g/mol. The van der Waals surface area contributed by atoms with E-state index in [0.717, 1.165) is 16.5 Å². The van der Waals surface area contributed by atoms with E-state index in [1.165, 1.54) is 0 Å². The van der Waals surface area contributed by atoms with Gasteiger partial charge in [0.15, 0.2) is 0 Å². The van der Waals surface area contributed by atoms with Crippen molar-refractivity contribution in [2.24, 2.45) is 7.05 Å². The number of rotatable bonds is 5. The molecule has 1 atom stereocenters. The summed E-state index contributed by atoms with van der Waals surface area (Å²) in [7, 11) is 0.246. The van der Waals surface area contributed by atoms with Crippen molar-refractivity contribution in [2.75, 3.05) is 4.72 Å². The quantitative estimate of drug-likeness (QED) is 0.374. The summed E-state index contributed by atoms with van der Waals surface area (Å²) in [6.07, 6.45) is 0. The fourth-order valence-electron chi connectivity index (χ4n) is 3.54. The third kappa shape index (κ3) is 4.33. The summed E-state index contributed by atoms with van der Waals surface area (Å²) in [6.45, 7) is 6.39. The molecule has 1 N–H and O–H groups in total. The Kier molecular flexibility index (Phi) is 5.93. The molecule has 7 heteroatoms. The highest BCUT2D eigenvalue weighted by Gasteiger charge is 2.22. The van der Waals surface area contributed by atoms with Gasteiger partial charge in [-0.15, -0.1) is 0 Å². The maximum Gasteiger partial charge on any atom is 0.216 e. The lowest BCUT2D eigenvalue weighted by Gasteiger charge is -2.19. The number of nitrogens with one attached hydrogen (secondary N) is 1. The molecule has 0 aliphatic carbocycles. The summed E-state index contributed by atoms with van der Waals surface area (Å²) in [6, 6.07) is 20.1. The van der Waals surface area contributed by atoms with Gasteiger partial charge in [0.1, 0.15) is 16.7 Å². The third-order valence-corrected chi connectivity index (χ3v) is 6.68. The largest absolute Gasteiger partial charge is 0.300 e. The van der Waals surface area contributed by atoms with Gasteiger partial charge in [0, 0.05) is 23.0 Å². The highest BCUT2D eigenvalue weighted by Crippen LogP contribution is 2.28. The number of fused-ring (bicyclic) bond motifs is 1. The standard InChI is InChI=1S/C25H24ClN3O2S/c1-25(2,3)16-9-12-18(13-10-16)32(31)28-21-14-11-17(26)15-20(21)24(30)23-19-7-5-6-8-22(19)29(4)27-23/h5-15,28H,1-4H3. The van der Waals surface area contributed by atoms with Crippen molar-refractivity contribution in [3.05, 3.63) is 88.6 Å². The topological polar surface area (TPSA) is 64.0 Å². The first-order valence-electron chi connectivity index (χ1n) is 10.2. The molecule has 4 rings (SSSR count). The van der Waals surface area contributed by atoms with Crippen LogP contribution < -0.4 is 4.72 Å². The van der Waals surface area contributed by atoms with E-state index in [9.17, 15) is 9.00 Å². The minimum Gasteiger partial charge on any atom is -0.300 e. The summed E-state index contributed by atoms with van der Waals surface area (Å²) in [5.74, 6) is -0.285.